The standard InChI is InChI=1S/C26H26Cl2N2OS/c1-15-12-21(22(28)14-24(15)31-3)25-16(2)32-26(30-25)23(29)11-8-19(13-17-4-5-17)18-6-9-20(27)10-7-18/h6-7,9-10,12,14,17,19,23H,4-5,13,29H2,1-3H3. The van der Waals surface area contributed by atoms with Crippen LogP contribution >= 0.6 is 34.5 Å². The van der Waals surface area contributed by atoms with Crippen molar-refractivity contribution in [3.8, 4) is 28.8 Å². The molecule has 2 atom stereocenters. The van der Waals surface area contributed by atoms with Crippen molar-refractivity contribution in [2.24, 2.45) is 11.7 Å². The van der Waals surface area contributed by atoms with Crippen molar-refractivity contribution in [2.75, 3.05) is 7.11 Å². The Bertz CT molecular complexity index is 1170. The van der Waals surface area contributed by atoms with Gasteiger partial charge < -0.3 is 10.5 Å². The van der Waals surface area contributed by atoms with Crippen LogP contribution in [0.15, 0.2) is 36.4 Å². The van der Waals surface area contributed by atoms with Crippen LogP contribution in [-0.4, -0.2) is 12.1 Å². The molecular weight excluding hydrogens is 459 g/mol. The van der Waals surface area contributed by atoms with Crippen LogP contribution in [0.25, 0.3) is 11.3 Å². The van der Waals surface area contributed by atoms with Crippen LogP contribution in [0.2, 0.25) is 10.0 Å². The highest BCUT2D eigenvalue weighted by molar-refractivity contribution is 7.12. The zero-order chi connectivity index (χ0) is 22.8. The van der Waals surface area contributed by atoms with Crippen molar-refractivity contribution in [1.82, 2.24) is 4.98 Å². The molecule has 1 aliphatic rings. The summed E-state index contributed by atoms with van der Waals surface area (Å²) in [6, 6.07) is 11.4. The highest BCUT2D eigenvalue weighted by atomic mass is 35.5. The second-order valence-corrected chi connectivity index (χ2v) is 10.4. The molecule has 0 spiro atoms. The average Bonchev–Trinajstić information content (AvgIpc) is 3.52. The zero-order valence-electron chi connectivity index (χ0n) is 18.4. The lowest BCUT2D eigenvalue weighted by Gasteiger charge is -2.11. The maximum absolute atomic E-state index is 6.53. The summed E-state index contributed by atoms with van der Waals surface area (Å²) in [5.74, 6) is 8.39. The summed E-state index contributed by atoms with van der Waals surface area (Å²) in [5, 5.41) is 2.15. The lowest BCUT2D eigenvalue weighted by Crippen LogP contribution is -2.08. The molecule has 0 amide bonds. The molecule has 0 radical (unpaired) electrons. The number of aromatic nitrogens is 1. The van der Waals surface area contributed by atoms with Crippen LogP contribution in [0, 0.1) is 31.6 Å². The van der Waals surface area contributed by atoms with Crippen LogP contribution in [0.3, 0.4) is 0 Å². The highest BCUT2D eigenvalue weighted by Crippen LogP contribution is 2.39. The molecule has 2 N–H and O–H groups in total. The van der Waals surface area contributed by atoms with Crippen molar-refractivity contribution in [2.45, 2.75) is 45.1 Å². The van der Waals surface area contributed by atoms with E-state index in [1.807, 2.05) is 38.1 Å². The number of benzene rings is 2. The van der Waals surface area contributed by atoms with E-state index in [9.17, 15) is 0 Å². The van der Waals surface area contributed by atoms with Crippen molar-refractivity contribution in [3.05, 3.63) is 67.5 Å². The Labute approximate surface area is 203 Å². The molecule has 4 rings (SSSR count). The van der Waals surface area contributed by atoms with E-state index in [-0.39, 0.29) is 5.92 Å². The molecule has 166 valence electrons. The third-order valence-electron chi connectivity index (χ3n) is 5.77. The number of halogens is 2. The number of nitrogens with zero attached hydrogens (tertiary/aromatic N) is 1. The average molecular weight is 485 g/mol. The summed E-state index contributed by atoms with van der Waals surface area (Å²) < 4.78 is 5.37. The van der Waals surface area contributed by atoms with Crippen LogP contribution in [-0.2, 0) is 0 Å². The Morgan fingerprint density at radius 3 is 2.53 bits per heavy atom. The van der Waals surface area contributed by atoms with E-state index in [4.69, 9.17) is 38.7 Å². The number of ether oxygens (including phenoxy) is 1. The van der Waals surface area contributed by atoms with Gasteiger partial charge in [-0.3, -0.25) is 0 Å². The lowest BCUT2D eigenvalue weighted by molar-refractivity contribution is 0.412. The Morgan fingerprint density at radius 1 is 1.16 bits per heavy atom. The molecule has 6 heteroatoms. The molecule has 1 aromatic heterocycles. The Morgan fingerprint density at radius 2 is 1.88 bits per heavy atom. The molecule has 2 aromatic carbocycles. The van der Waals surface area contributed by atoms with Crippen LogP contribution < -0.4 is 10.5 Å². The Balaban J connectivity index is 1.59. The molecule has 1 saturated carbocycles. The number of thiazole rings is 1. The fraction of sp³-hybridized carbons (Fsp3) is 0.346. The number of rotatable bonds is 6. The van der Waals surface area contributed by atoms with Crippen molar-refractivity contribution in [3.63, 3.8) is 0 Å². The van der Waals surface area contributed by atoms with Gasteiger partial charge in [-0.1, -0.05) is 60.0 Å². The van der Waals surface area contributed by atoms with Gasteiger partial charge in [-0.05, 0) is 61.6 Å². The number of hydrogen-bond donors (Lipinski definition) is 1. The fourth-order valence-corrected chi connectivity index (χ4v) is 5.03. The SMILES string of the molecule is COc1cc(Cl)c(-c2nc(C(N)C#CC(CC3CC3)c3ccc(Cl)cc3)sc2C)cc1C. The Hall–Kier alpha value is -2.03. The molecule has 3 aromatic rings. The summed E-state index contributed by atoms with van der Waals surface area (Å²) in [6.45, 7) is 4.03. The fourth-order valence-electron chi connectivity index (χ4n) is 3.78. The van der Waals surface area contributed by atoms with Gasteiger partial charge in [0.1, 0.15) is 16.8 Å². The molecular formula is C26H26Cl2N2OS. The van der Waals surface area contributed by atoms with Gasteiger partial charge in [-0.15, -0.1) is 11.3 Å². The van der Waals surface area contributed by atoms with Gasteiger partial charge in [0.25, 0.3) is 0 Å². The van der Waals surface area contributed by atoms with Crippen molar-refractivity contribution >= 4 is 34.5 Å². The molecule has 2 unspecified atom stereocenters. The normalized spacial score (nSPS) is 15.1. The van der Waals surface area contributed by atoms with Crippen LogP contribution in [0.5, 0.6) is 5.75 Å². The number of methoxy groups -OCH3 is 1. The highest BCUT2D eigenvalue weighted by Gasteiger charge is 2.26. The topological polar surface area (TPSA) is 48.1 Å². The van der Waals surface area contributed by atoms with E-state index in [2.05, 4.69) is 24.0 Å². The number of aryl methyl sites for hydroxylation is 2. The van der Waals surface area contributed by atoms with E-state index in [1.54, 1.807) is 18.4 Å². The summed E-state index contributed by atoms with van der Waals surface area (Å²) in [4.78, 5) is 5.89. The minimum atomic E-state index is -0.445. The first-order valence-corrected chi connectivity index (χ1v) is 12.3. The smallest absolute Gasteiger partial charge is 0.123 e. The van der Waals surface area contributed by atoms with Gasteiger partial charge in [0.2, 0.25) is 0 Å². The second kappa shape index (κ2) is 9.85. The maximum atomic E-state index is 6.53. The van der Waals surface area contributed by atoms with Gasteiger partial charge in [0.15, 0.2) is 0 Å². The Kier molecular flexibility index (Phi) is 7.12. The predicted molar refractivity (Wildman–Crippen MR) is 135 cm³/mol. The third kappa shape index (κ3) is 5.30. The molecule has 1 aliphatic carbocycles. The quantitative estimate of drug-likeness (QED) is 0.372. The summed E-state index contributed by atoms with van der Waals surface area (Å²) in [5.41, 5.74) is 10.4. The molecule has 0 saturated heterocycles. The first-order valence-electron chi connectivity index (χ1n) is 10.7. The lowest BCUT2D eigenvalue weighted by atomic mass is 9.94. The van der Waals surface area contributed by atoms with Gasteiger partial charge in [0.05, 0.1) is 17.8 Å². The van der Waals surface area contributed by atoms with E-state index in [1.165, 1.54) is 18.4 Å². The van der Waals surface area contributed by atoms with Gasteiger partial charge in [-0.25, -0.2) is 4.98 Å². The third-order valence-corrected chi connectivity index (χ3v) is 7.39. The molecule has 32 heavy (non-hydrogen) atoms. The zero-order valence-corrected chi connectivity index (χ0v) is 20.7. The summed E-state index contributed by atoms with van der Waals surface area (Å²) in [6.07, 6.45) is 3.63. The predicted octanol–water partition coefficient (Wildman–Crippen LogP) is 7.33. The summed E-state index contributed by atoms with van der Waals surface area (Å²) in [7, 11) is 1.64. The van der Waals surface area contributed by atoms with Crippen LogP contribution in [0.4, 0.5) is 0 Å². The van der Waals surface area contributed by atoms with Crippen LogP contribution in [0.1, 0.15) is 52.2 Å². The first kappa shape index (κ1) is 23.1. The monoisotopic (exact) mass is 484 g/mol. The number of nitrogens with two attached hydrogens (primary N) is 1. The molecule has 1 heterocycles. The van der Waals surface area contributed by atoms with Crippen molar-refractivity contribution in [1.29, 1.82) is 0 Å². The van der Waals surface area contributed by atoms with Gasteiger partial charge in [0, 0.05) is 21.4 Å². The molecule has 1 fully saturated rings. The first-order chi connectivity index (χ1) is 15.4. The minimum Gasteiger partial charge on any atom is -0.496 e. The van der Waals surface area contributed by atoms with Crippen molar-refractivity contribution < 1.29 is 4.74 Å². The van der Waals surface area contributed by atoms with E-state index >= 15 is 0 Å². The minimum absolute atomic E-state index is 0.157. The second-order valence-electron chi connectivity index (χ2n) is 8.31. The molecule has 3 nitrogen and oxygen atoms in total. The van der Waals surface area contributed by atoms with E-state index in [0.717, 1.165) is 49.8 Å². The summed E-state index contributed by atoms with van der Waals surface area (Å²) >= 11 is 14.2. The van der Waals surface area contributed by atoms with Gasteiger partial charge in [-0.2, -0.15) is 0 Å². The van der Waals surface area contributed by atoms with Gasteiger partial charge >= 0.3 is 0 Å². The molecule has 0 aliphatic heterocycles. The number of hydrogen-bond acceptors (Lipinski definition) is 4. The van der Waals surface area contributed by atoms with E-state index < -0.39 is 6.04 Å². The van der Waals surface area contributed by atoms with E-state index in [0.29, 0.717) is 5.02 Å². The largest absolute Gasteiger partial charge is 0.496 e. The molecule has 0 bridgehead atoms. The maximum Gasteiger partial charge on any atom is 0.123 e.